The van der Waals surface area contributed by atoms with E-state index in [1.54, 1.807) is 42.5 Å². The number of hydrogen-bond donors (Lipinski definition) is 2. The Morgan fingerprint density at radius 2 is 1.55 bits per heavy atom. The Balaban J connectivity index is 1.99. The van der Waals surface area contributed by atoms with E-state index < -0.39 is 18.0 Å². The summed E-state index contributed by atoms with van der Waals surface area (Å²) < 4.78 is 16.5. The molecule has 0 aromatic heterocycles. The van der Waals surface area contributed by atoms with Gasteiger partial charge in [0.15, 0.2) is 17.6 Å². The van der Waals surface area contributed by atoms with Gasteiger partial charge in [0.05, 0.1) is 18.8 Å². The minimum absolute atomic E-state index is 0.185. The molecule has 166 valence electrons. The second-order valence-corrected chi connectivity index (χ2v) is 6.74. The Labute approximate surface area is 181 Å². The summed E-state index contributed by atoms with van der Waals surface area (Å²) in [6, 6.07) is 11.4. The van der Waals surface area contributed by atoms with Crippen LogP contribution in [0.3, 0.4) is 0 Å². The Bertz CT molecular complexity index is 911. The van der Waals surface area contributed by atoms with Crippen molar-refractivity contribution in [2.45, 2.75) is 40.2 Å². The van der Waals surface area contributed by atoms with E-state index in [4.69, 9.17) is 14.2 Å². The zero-order valence-corrected chi connectivity index (χ0v) is 18.2. The van der Waals surface area contributed by atoms with E-state index in [0.29, 0.717) is 36.1 Å². The van der Waals surface area contributed by atoms with Crippen molar-refractivity contribution in [3.05, 3.63) is 48.0 Å². The standard InChI is InChI=1S/C23H28N2O6/c1-5-13-30-20-12-7-17(14-21(20)29-6-2)23(28)31-15(3)22(27)25-19-10-8-18(9-11-19)24-16(4)26/h7-12,14-15H,5-6,13H2,1-4H3,(H,24,26)(H,25,27)/t15-/m0/s1. The average molecular weight is 428 g/mol. The van der Waals surface area contributed by atoms with Crippen molar-refractivity contribution in [2.24, 2.45) is 0 Å². The molecule has 8 nitrogen and oxygen atoms in total. The van der Waals surface area contributed by atoms with E-state index in [0.717, 1.165) is 6.42 Å². The molecule has 0 bridgehead atoms. The quantitative estimate of drug-likeness (QED) is 0.554. The third-order valence-corrected chi connectivity index (χ3v) is 4.07. The lowest BCUT2D eigenvalue weighted by molar-refractivity contribution is -0.123. The summed E-state index contributed by atoms with van der Waals surface area (Å²) in [6.45, 7) is 7.68. The number of carbonyl (C=O) groups is 3. The lowest BCUT2D eigenvalue weighted by Gasteiger charge is -2.15. The zero-order chi connectivity index (χ0) is 22.8. The molecule has 2 aromatic rings. The molecule has 0 fully saturated rings. The van der Waals surface area contributed by atoms with Gasteiger partial charge in [-0.2, -0.15) is 0 Å². The Morgan fingerprint density at radius 1 is 0.903 bits per heavy atom. The average Bonchev–Trinajstić information content (AvgIpc) is 2.73. The molecule has 0 aliphatic rings. The van der Waals surface area contributed by atoms with E-state index in [2.05, 4.69) is 10.6 Å². The Kier molecular flexibility index (Phi) is 8.87. The molecule has 0 aliphatic heterocycles. The monoisotopic (exact) mass is 428 g/mol. The molecule has 0 aliphatic carbocycles. The van der Waals surface area contributed by atoms with Gasteiger partial charge < -0.3 is 24.8 Å². The van der Waals surface area contributed by atoms with Gasteiger partial charge in [-0.25, -0.2) is 4.79 Å². The fourth-order valence-corrected chi connectivity index (χ4v) is 2.60. The van der Waals surface area contributed by atoms with Gasteiger partial charge in [-0.3, -0.25) is 9.59 Å². The number of rotatable bonds is 10. The molecular formula is C23H28N2O6. The maximum atomic E-state index is 12.5. The van der Waals surface area contributed by atoms with Gasteiger partial charge in [0.2, 0.25) is 5.91 Å². The van der Waals surface area contributed by atoms with Crippen molar-refractivity contribution in [2.75, 3.05) is 23.8 Å². The van der Waals surface area contributed by atoms with E-state index in [1.165, 1.54) is 13.8 Å². The SMILES string of the molecule is CCCOc1ccc(C(=O)O[C@@H](C)C(=O)Nc2ccc(NC(C)=O)cc2)cc1OCC. The van der Waals surface area contributed by atoms with Crippen LogP contribution in [-0.4, -0.2) is 37.1 Å². The van der Waals surface area contributed by atoms with Crippen molar-refractivity contribution in [1.29, 1.82) is 0 Å². The van der Waals surface area contributed by atoms with Gasteiger partial charge >= 0.3 is 5.97 Å². The third-order valence-electron chi connectivity index (χ3n) is 4.07. The topological polar surface area (TPSA) is 103 Å². The highest BCUT2D eigenvalue weighted by Gasteiger charge is 2.20. The van der Waals surface area contributed by atoms with E-state index in [9.17, 15) is 14.4 Å². The summed E-state index contributed by atoms with van der Waals surface area (Å²) in [7, 11) is 0. The molecule has 2 rings (SSSR count). The maximum absolute atomic E-state index is 12.5. The molecular weight excluding hydrogens is 400 g/mol. The van der Waals surface area contributed by atoms with Crippen LogP contribution in [0.5, 0.6) is 11.5 Å². The molecule has 0 radical (unpaired) electrons. The maximum Gasteiger partial charge on any atom is 0.339 e. The highest BCUT2D eigenvalue weighted by atomic mass is 16.5. The van der Waals surface area contributed by atoms with Crippen LogP contribution < -0.4 is 20.1 Å². The number of nitrogens with one attached hydrogen (secondary N) is 2. The van der Waals surface area contributed by atoms with Crippen LogP contribution in [0, 0.1) is 0 Å². The van der Waals surface area contributed by atoms with Crippen LogP contribution in [0.25, 0.3) is 0 Å². The van der Waals surface area contributed by atoms with Crippen molar-refractivity contribution in [3.63, 3.8) is 0 Å². The minimum Gasteiger partial charge on any atom is -0.490 e. The van der Waals surface area contributed by atoms with E-state index in [1.807, 2.05) is 13.8 Å². The molecule has 0 unspecified atom stereocenters. The number of esters is 1. The number of carbonyl (C=O) groups excluding carboxylic acids is 3. The molecule has 1 atom stereocenters. The highest BCUT2D eigenvalue weighted by molar-refractivity contribution is 5.98. The summed E-state index contributed by atoms with van der Waals surface area (Å²) >= 11 is 0. The van der Waals surface area contributed by atoms with E-state index in [-0.39, 0.29) is 11.5 Å². The lowest BCUT2D eigenvalue weighted by Crippen LogP contribution is -2.30. The first-order valence-corrected chi connectivity index (χ1v) is 10.1. The van der Waals surface area contributed by atoms with Crippen LogP contribution in [0.15, 0.2) is 42.5 Å². The van der Waals surface area contributed by atoms with Crippen molar-refractivity contribution >= 4 is 29.2 Å². The van der Waals surface area contributed by atoms with Crippen LogP contribution in [0.1, 0.15) is 44.5 Å². The molecule has 0 saturated heterocycles. The smallest absolute Gasteiger partial charge is 0.339 e. The first-order chi connectivity index (χ1) is 14.8. The molecule has 2 aromatic carbocycles. The highest BCUT2D eigenvalue weighted by Crippen LogP contribution is 2.29. The van der Waals surface area contributed by atoms with Gasteiger partial charge in [-0.05, 0) is 62.7 Å². The van der Waals surface area contributed by atoms with Crippen LogP contribution in [-0.2, 0) is 14.3 Å². The van der Waals surface area contributed by atoms with Crippen molar-refractivity contribution in [3.8, 4) is 11.5 Å². The fraction of sp³-hybridized carbons (Fsp3) is 0.348. The Morgan fingerprint density at radius 3 is 2.13 bits per heavy atom. The van der Waals surface area contributed by atoms with Gasteiger partial charge in [0, 0.05) is 18.3 Å². The number of ether oxygens (including phenoxy) is 3. The number of hydrogen-bond acceptors (Lipinski definition) is 6. The summed E-state index contributed by atoms with van der Waals surface area (Å²) in [4.78, 5) is 35.9. The first kappa shape index (κ1) is 23.7. The lowest BCUT2D eigenvalue weighted by atomic mass is 10.2. The van der Waals surface area contributed by atoms with Crippen LogP contribution >= 0.6 is 0 Å². The molecule has 0 spiro atoms. The molecule has 0 heterocycles. The van der Waals surface area contributed by atoms with Gasteiger partial charge in [0.1, 0.15) is 0 Å². The number of benzene rings is 2. The summed E-state index contributed by atoms with van der Waals surface area (Å²) in [5.74, 6) is -0.314. The molecule has 2 N–H and O–H groups in total. The molecule has 0 saturated carbocycles. The zero-order valence-electron chi connectivity index (χ0n) is 18.2. The fourth-order valence-electron chi connectivity index (χ4n) is 2.60. The number of amides is 2. The number of anilines is 2. The second-order valence-electron chi connectivity index (χ2n) is 6.74. The third kappa shape index (κ3) is 7.33. The predicted octanol–water partition coefficient (Wildman–Crippen LogP) is 4.02. The Hall–Kier alpha value is -3.55. The molecule has 2 amide bonds. The van der Waals surface area contributed by atoms with Crippen molar-refractivity contribution in [1.82, 2.24) is 0 Å². The molecule has 31 heavy (non-hydrogen) atoms. The largest absolute Gasteiger partial charge is 0.490 e. The summed E-state index contributed by atoms with van der Waals surface area (Å²) in [5, 5.41) is 5.31. The minimum atomic E-state index is -1.02. The summed E-state index contributed by atoms with van der Waals surface area (Å²) in [5.41, 5.74) is 1.38. The van der Waals surface area contributed by atoms with Gasteiger partial charge in [-0.15, -0.1) is 0 Å². The second kappa shape index (κ2) is 11.6. The first-order valence-electron chi connectivity index (χ1n) is 10.1. The molecule has 8 heteroatoms. The van der Waals surface area contributed by atoms with Gasteiger partial charge in [-0.1, -0.05) is 6.92 Å². The van der Waals surface area contributed by atoms with Crippen LogP contribution in [0.2, 0.25) is 0 Å². The summed E-state index contributed by atoms with van der Waals surface area (Å²) in [6.07, 6.45) is -0.174. The van der Waals surface area contributed by atoms with Crippen LogP contribution in [0.4, 0.5) is 11.4 Å². The normalized spacial score (nSPS) is 11.2. The predicted molar refractivity (Wildman–Crippen MR) is 118 cm³/mol. The van der Waals surface area contributed by atoms with Crippen molar-refractivity contribution < 1.29 is 28.6 Å². The van der Waals surface area contributed by atoms with E-state index >= 15 is 0 Å². The van der Waals surface area contributed by atoms with Gasteiger partial charge in [0.25, 0.3) is 5.91 Å².